The summed E-state index contributed by atoms with van der Waals surface area (Å²) >= 11 is 4.00. The van der Waals surface area contributed by atoms with Gasteiger partial charge in [0.2, 0.25) is 11.8 Å². The molecule has 0 aliphatic heterocycles. The van der Waals surface area contributed by atoms with Crippen molar-refractivity contribution in [2.75, 3.05) is 25.4 Å². The maximum Gasteiger partial charge on any atom is 0.310 e. The molecule has 0 aromatic rings. The minimum Gasteiger partial charge on any atom is -0.465 e. The second-order valence-corrected chi connectivity index (χ2v) is 8.95. The van der Waals surface area contributed by atoms with E-state index in [1.54, 1.807) is 19.9 Å². The Kier molecular flexibility index (Phi) is 17.7. The summed E-state index contributed by atoms with van der Waals surface area (Å²) in [6.07, 6.45) is 10.8. The fourth-order valence-corrected chi connectivity index (χ4v) is 2.89. The molecule has 0 radical (unpaired) electrons. The number of aliphatic hydroxyl groups excluding tert-OH is 1. The van der Waals surface area contributed by atoms with Gasteiger partial charge >= 0.3 is 5.97 Å². The molecule has 8 heteroatoms. The van der Waals surface area contributed by atoms with E-state index in [0.717, 1.165) is 12.8 Å². The van der Waals surface area contributed by atoms with Crippen molar-refractivity contribution in [3.63, 3.8) is 0 Å². The molecule has 2 amide bonds. The van der Waals surface area contributed by atoms with Crippen molar-refractivity contribution in [3.05, 3.63) is 17.9 Å². The van der Waals surface area contributed by atoms with E-state index in [2.05, 4.69) is 35.9 Å². The van der Waals surface area contributed by atoms with Crippen molar-refractivity contribution in [2.45, 2.75) is 84.7 Å². The van der Waals surface area contributed by atoms with Crippen LogP contribution in [0.1, 0.15) is 78.6 Å². The number of esters is 1. The van der Waals surface area contributed by atoms with Crippen LogP contribution in [0.5, 0.6) is 0 Å². The number of carbonyl (C=O) groups excluding carboxylic acids is 3. The maximum absolute atomic E-state index is 12.1. The SMILES string of the molecule is CCCCCCCCC=C=CCC(=O)OCC(C)(C)[C@H](O)C(=O)NCCC(=O)NCCS. The normalized spacial score (nSPS) is 11.8. The summed E-state index contributed by atoms with van der Waals surface area (Å²) in [5.41, 5.74) is 2.03. The van der Waals surface area contributed by atoms with E-state index in [9.17, 15) is 19.5 Å². The first kappa shape index (κ1) is 30.2. The maximum atomic E-state index is 12.1. The zero-order chi connectivity index (χ0) is 24.2. The Morgan fingerprint density at radius 1 is 1.06 bits per heavy atom. The molecule has 0 aliphatic carbocycles. The summed E-state index contributed by atoms with van der Waals surface area (Å²) < 4.78 is 5.21. The number of unbranched alkanes of at least 4 members (excludes halogenated alkanes) is 6. The number of hydrogen-bond acceptors (Lipinski definition) is 6. The van der Waals surface area contributed by atoms with Gasteiger partial charge < -0.3 is 20.5 Å². The first-order valence-electron chi connectivity index (χ1n) is 11.6. The smallest absolute Gasteiger partial charge is 0.310 e. The molecule has 0 saturated carbocycles. The van der Waals surface area contributed by atoms with Gasteiger partial charge in [-0.05, 0) is 25.0 Å². The lowest BCUT2D eigenvalue weighted by Gasteiger charge is -2.28. The fraction of sp³-hybridized carbons (Fsp3) is 0.750. The molecule has 0 unspecified atom stereocenters. The fourth-order valence-electron chi connectivity index (χ4n) is 2.77. The number of thiol groups is 1. The number of rotatable bonds is 18. The van der Waals surface area contributed by atoms with Crippen LogP contribution in [0.15, 0.2) is 17.9 Å². The Morgan fingerprint density at radius 3 is 2.44 bits per heavy atom. The third-order valence-corrected chi connectivity index (χ3v) is 5.11. The molecule has 0 spiro atoms. The Bertz CT molecular complexity index is 616. The van der Waals surface area contributed by atoms with Crippen LogP contribution in [0.2, 0.25) is 0 Å². The standard InChI is InChI=1S/C24H42N2O5S/c1-4-5-6-7-8-9-10-11-12-13-14-21(28)31-19-24(2,3)22(29)23(30)26-16-15-20(27)25-17-18-32/h11,13,22,29,32H,4-10,14-19H2,1-3H3,(H,25,27)(H,26,30)/t12?,22-/m1/s1. The van der Waals surface area contributed by atoms with Gasteiger partial charge in [-0.3, -0.25) is 14.4 Å². The van der Waals surface area contributed by atoms with Crippen LogP contribution in [-0.2, 0) is 19.1 Å². The predicted molar refractivity (Wildman–Crippen MR) is 130 cm³/mol. The molecule has 0 bridgehead atoms. The van der Waals surface area contributed by atoms with Gasteiger partial charge in [-0.15, -0.1) is 5.73 Å². The van der Waals surface area contributed by atoms with Gasteiger partial charge in [0, 0.05) is 30.7 Å². The van der Waals surface area contributed by atoms with Gasteiger partial charge in [0.05, 0.1) is 13.0 Å². The molecule has 0 saturated heterocycles. The highest BCUT2D eigenvalue weighted by atomic mass is 32.1. The summed E-state index contributed by atoms with van der Waals surface area (Å²) in [6.45, 7) is 5.95. The number of ether oxygens (including phenoxy) is 1. The minimum absolute atomic E-state index is 0.0900. The van der Waals surface area contributed by atoms with Crippen LogP contribution in [-0.4, -0.2) is 54.4 Å². The monoisotopic (exact) mass is 470 g/mol. The van der Waals surface area contributed by atoms with Crippen LogP contribution in [0.4, 0.5) is 0 Å². The highest BCUT2D eigenvalue weighted by Gasteiger charge is 2.34. The molecule has 184 valence electrons. The van der Waals surface area contributed by atoms with Crippen LogP contribution >= 0.6 is 12.6 Å². The van der Waals surface area contributed by atoms with E-state index in [4.69, 9.17) is 4.74 Å². The average Bonchev–Trinajstić information content (AvgIpc) is 2.76. The second kappa shape index (κ2) is 18.8. The summed E-state index contributed by atoms with van der Waals surface area (Å²) in [4.78, 5) is 35.6. The van der Waals surface area contributed by atoms with E-state index in [-0.39, 0.29) is 31.9 Å². The molecule has 0 rings (SSSR count). The molecule has 7 nitrogen and oxygen atoms in total. The summed E-state index contributed by atoms with van der Waals surface area (Å²) in [6, 6.07) is 0. The van der Waals surface area contributed by atoms with Gasteiger partial charge in [-0.1, -0.05) is 52.9 Å². The number of nitrogens with one attached hydrogen (secondary N) is 2. The van der Waals surface area contributed by atoms with E-state index in [1.165, 1.54) is 32.1 Å². The number of amides is 2. The lowest BCUT2D eigenvalue weighted by Crippen LogP contribution is -2.47. The predicted octanol–water partition coefficient (Wildman–Crippen LogP) is 3.32. The van der Waals surface area contributed by atoms with Gasteiger partial charge in [-0.25, -0.2) is 0 Å². The summed E-state index contributed by atoms with van der Waals surface area (Å²) in [7, 11) is 0. The molecular formula is C24H42N2O5S. The molecule has 32 heavy (non-hydrogen) atoms. The first-order chi connectivity index (χ1) is 15.2. The Balaban J connectivity index is 4.13. The van der Waals surface area contributed by atoms with Gasteiger partial charge in [-0.2, -0.15) is 12.6 Å². The molecule has 3 N–H and O–H groups in total. The van der Waals surface area contributed by atoms with Crippen molar-refractivity contribution in [2.24, 2.45) is 5.41 Å². The van der Waals surface area contributed by atoms with Crippen molar-refractivity contribution >= 4 is 30.4 Å². The lowest BCUT2D eigenvalue weighted by molar-refractivity contribution is -0.152. The van der Waals surface area contributed by atoms with E-state index in [0.29, 0.717) is 12.3 Å². The first-order valence-corrected chi connectivity index (χ1v) is 12.3. The van der Waals surface area contributed by atoms with Crippen LogP contribution in [0.25, 0.3) is 0 Å². The molecule has 0 aromatic carbocycles. The third-order valence-electron chi connectivity index (χ3n) is 4.89. The largest absolute Gasteiger partial charge is 0.465 e. The molecule has 0 aliphatic rings. The molecule has 0 fully saturated rings. The van der Waals surface area contributed by atoms with E-state index in [1.807, 2.05) is 6.08 Å². The average molecular weight is 471 g/mol. The summed E-state index contributed by atoms with van der Waals surface area (Å²) in [5, 5.41) is 15.5. The Hall–Kier alpha value is -1.76. The zero-order valence-corrected chi connectivity index (χ0v) is 20.8. The topological polar surface area (TPSA) is 105 Å². The van der Waals surface area contributed by atoms with E-state index >= 15 is 0 Å². The third kappa shape index (κ3) is 16.0. The number of aliphatic hydroxyl groups is 1. The number of hydrogen-bond donors (Lipinski definition) is 4. The van der Waals surface area contributed by atoms with Crippen molar-refractivity contribution in [3.8, 4) is 0 Å². The highest BCUT2D eigenvalue weighted by Crippen LogP contribution is 2.21. The summed E-state index contributed by atoms with van der Waals surface area (Å²) in [5.74, 6) is -0.705. The van der Waals surface area contributed by atoms with Gasteiger partial charge in [0.25, 0.3) is 0 Å². The number of carbonyl (C=O) groups is 3. The molecule has 0 aromatic heterocycles. The van der Waals surface area contributed by atoms with Crippen molar-refractivity contribution in [1.82, 2.24) is 10.6 Å². The van der Waals surface area contributed by atoms with E-state index < -0.39 is 23.4 Å². The lowest BCUT2D eigenvalue weighted by atomic mass is 9.87. The highest BCUT2D eigenvalue weighted by molar-refractivity contribution is 7.80. The molecule has 1 atom stereocenters. The quantitative estimate of drug-likeness (QED) is 0.106. The second-order valence-electron chi connectivity index (χ2n) is 8.50. The van der Waals surface area contributed by atoms with Crippen molar-refractivity contribution < 1.29 is 24.2 Å². The minimum atomic E-state index is -1.37. The zero-order valence-electron chi connectivity index (χ0n) is 20.0. The van der Waals surface area contributed by atoms with Crippen LogP contribution < -0.4 is 10.6 Å². The molecule has 0 heterocycles. The molecular weight excluding hydrogens is 428 g/mol. The van der Waals surface area contributed by atoms with Crippen LogP contribution in [0.3, 0.4) is 0 Å². The van der Waals surface area contributed by atoms with Gasteiger partial charge in [0.15, 0.2) is 0 Å². The van der Waals surface area contributed by atoms with Crippen LogP contribution in [0, 0.1) is 5.41 Å². The van der Waals surface area contributed by atoms with Gasteiger partial charge in [0.1, 0.15) is 6.10 Å². The Morgan fingerprint density at radius 2 is 1.75 bits per heavy atom. The van der Waals surface area contributed by atoms with Crippen molar-refractivity contribution in [1.29, 1.82) is 0 Å². The Labute approximate surface area is 198 Å².